The first kappa shape index (κ1) is 10.8. The monoisotopic (exact) mass is 257 g/mol. The highest BCUT2D eigenvalue weighted by Crippen LogP contribution is 2.61. The van der Waals surface area contributed by atoms with E-state index in [2.05, 4.69) is 5.32 Å². The Morgan fingerprint density at radius 2 is 2.19 bits per heavy atom. The normalized spacial score (nSPS) is 36.2. The molecule has 1 aromatic rings. The first-order chi connectivity index (χ1) is 7.70. The van der Waals surface area contributed by atoms with Gasteiger partial charge >= 0.3 is 0 Å². The minimum atomic E-state index is 0.100. The smallest absolute Gasteiger partial charge is 0.0595 e. The first-order valence-corrected chi connectivity index (χ1v) is 6.23. The molecule has 1 aliphatic heterocycles. The third-order valence-corrected chi connectivity index (χ3v) is 4.87. The van der Waals surface area contributed by atoms with Crippen LogP contribution in [0.1, 0.15) is 5.56 Å². The highest BCUT2D eigenvalue weighted by Gasteiger charge is 2.67. The number of fused-ring (bicyclic) bond motifs is 1. The van der Waals surface area contributed by atoms with Gasteiger partial charge in [-0.25, -0.2) is 0 Å². The zero-order valence-corrected chi connectivity index (χ0v) is 10.2. The van der Waals surface area contributed by atoms with Crippen molar-refractivity contribution >= 4 is 23.2 Å². The second-order valence-corrected chi connectivity index (χ2v) is 5.51. The SMILES string of the molecule is OC[C@@H]1C2CNCC21c1ccc(Cl)c(Cl)c1. The molecule has 1 aromatic carbocycles. The van der Waals surface area contributed by atoms with Crippen LogP contribution in [0.25, 0.3) is 0 Å². The molecule has 2 N–H and O–H groups in total. The molecular weight excluding hydrogens is 245 g/mol. The summed E-state index contributed by atoms with van der Waals surface area (Å²) in [5, 5.41) is 13.9. The summed E-state index contributed by atoms with van der Waals surface area (Å²) < 4.78 is 0. The van der Waals surface area contributed by atoms with Crippen LogP contribution in [0.4, 0.5) is 0 Å². The second-order valence-electron chi connectivity index (χ2n) is 4.70. The Kier molecular flexibility index (Phi) is 2.44. The fourth-order valence-electron chi connectivity index (χ4n) is 3.23. The highest BCUT2D eigenvalue weighted by molar-refractivity contribution is 6.42. The van der Waals surface area contributed by atoms with E-state index in [1.54, 1.807) is 0 Å². The Hall–Kier alpha value is -0.280. The van der Waals surface area contributed by atoms with Crippen molar-refractivity contribution in [3.8, 4) is 0 Å². The topological polar surface area (TPSA) is 32.3 Å². The van der Waals surface area contributed by atoms with E-state index in [0.29, 0.717) is 21.9 Å². The van der Waals surface area contributed by atoms with Gasteiger partial charge in [0, 0.05) is 18.6 Å². The number of nitrogens with one attached hydrogen (secondary N) is 1. The number of hydrogen-bond acceptors (Lipinski definition) is 2. The number of benzene rings is 1. The van der Waals surface area contributed by atoms with Crippen molar-refractivity contribution in [3.05, 3.63) is 33.8 Å². The molecule has 2 unspecified atom stereocenters. The van der Waals surface area contributed by atoms with Gasteiger partial charge in [-0.2, -0.15) is 0 Å². The summed E-state index contributed by atoms with van der Waals surface area (Å²) in [5.41, 5.74) is 1.30. The maximum atomic E-state index is 9.38. The molecule has 2 aliphatic rings. The lowest BCUT2D eigenvalue weighted by Crippen LogP contribution is -2.24. The van der Waals surface area contributed by atoms with Crippen LogP contribution in [-0.4, -0.2) is 24.8 Å². The van der Waals surface area contributed by atoms with E-state index in [1.165, 1.54) is 5.56 Å². The molecule has 2 nitrogen and oxygen atoms in total. The van der Waals surface area contributed by atoms with Crippen LogP contribution in [-0.2, 0) is 5.41 Å². The third-order valence-electron chi connectivity index (χ3n) is 4.14. The van der Waals surface area contributed by atoms with Gasteiger partial charge in [-0.15, -0.1) is 0 Å². The number of piperidine rings is 1. The molecule has 1 saturated heterocycles. The van der Waals surface area contributed by atoms with Crippen molar-refractivity contribution in [2.75, 3.05) is 19.7 Å². The molecule has 2 fully saturated rings. The van der Waals surface area contributed by atoms with E-state index in [1.807, 2.05) is 18.2 Å². The zero-order valence-electron chi connectivity index (χ0n) is 8.71. The van der Waals surface area contributed by atoms with E-state index in [-0.39, 0.29) is 12.0 Å². The van der Waals surface area contributed by atoms with Gasteiger partial charge in [0.1, 0.15) is 0 Å². The van der Waals surface area contributed by atoms with E-state index >= 15 is 0 Å². The number of aliphatic hydroxyl groups is 1. The first-order valence-electron chi connectivity index (χ1n) is 5.47. The summed E-state index contributed by atoms with van der Waals surface area (Å²) >= 11 is 12.0. The van der Waals surface area contributed by atoms with E-state index < -0.39 is 0 Å². The van der Waals surface area contributed by atoms with Crippen LogP contribution >= 0.6 is 23.2 Å². The van der Waals surface area contributed by atoms with Gasteiger partial charge in [0.25, 0.3) is 0 Å². The quantitative estimate of drug-likeness (QED) is 0.851. The lowest BCUT2D eigenvalue weighted by atomic mass is 9.93. The molecule has 4 heteroatoms. The van der Waals surface area contributed by atoms with Crippen molar-refractivity contribution in [2.45, 2.75) is 5.41 Å². The lowest BCUT2D eigenvalue weighted by Gasteiger charge is -2.15. The van der Waals surface area contributed by atoms with Gasteiger partial charge < -0.3 is 10.4 Å². The van der Waals surface area contributed by atoms with Crippen LogP contribution in [0, 0.1) is 11.8 Å². The Morgan fingerprint density at radius 3 is 2.81 bits per heavy atom. The average Bonchev–Trinajstić information content (AvgIpc) is 2.69. The van der Waals surface area contributed by atoms with E-state index in [9.17, 15) is 5.11 Å². The molecule has 0 bridgehead atoms. The van der Waals surface area contributed by atoms with Gasteiger partial charge in [-0.3, -0.25) is 0 Å². The van der Waals surface area contributed by atoms with Crippen LogP contribution in [0.15, 0.2) is 18.2 Å². The number of halogens is 2. The molecule has 1 aliphatic carbocycles. The fourth-order valence-corrected chi connectivity index (χ4v) is 3.53. The Labute approximate surface area is 105 Å². The van der Waals surface area contributed by atoms with Gasteiger partial charge in [0.05, 0.1) is 10.0 Å². The number of rotatable bonds is 2. The summed E-state index contributed by atoms with van der Waals surface area (Å²) in [5.74, 6) is 0.931. The van der Waals surface area contributed by atoms with Crippen molar-refractivity contribution < 1.29 is 5.11 Å². The van der Waals surface area contributed by atoms with Crippen LogP contribution in [0.5, 0.6) is 0 Å². The predicted octanol–water partition coefficient (Wildman–Crippen LogP) is 2.07. The van der Waals surface area contributed by atoms with Crippen molar-refractivity contribution in [3.63, 3.8) is 0 Å². The summed E-state index contributed by atoms with van der Waals surface area (Å²) in [4.78, 5) is 0. The van der Waals surface area contributed by atoms with Crippen LogP contribution in [0.2, 0.25) is 10.0 Å². The molecule has 0 radical (unpaired) electrons. The van der Waals surface area contributed by atoms with E-state index in [0.717, 1.165) is 13.1 Å². The molecule has 16 heavy (non-hydrogen) atoms. The van der Waals surface area contributed by atoms with Crippen LogP contribution in [0.3, 0.4) is 0 Å². The highest BCUT2D eigenvalue weighted by atomic mass is 35.5. The van der Waals surface area contributed by atoms with Gasteiger partial charge in [-0.05, 0) is 36.1 Å². The summed E-state index contributed by atoms with van der Waals surface area (Å²) in [6.07, 6.45) is 0. The third kappa shape index (κ3) is 1.28. The zero-order chi connectivity index (χ0) is 11.3. The summed E-state index contributed by atoms with van der Waals surface area (Å²) in [6, 6.07) is 5.82. The lowest BCUT2D eigenvalue weighted by molar-refractivity contribution is 0.253. The number of aliphatic hydroxyl groups excluding tert-OH is 1. The van der Waals surface area contributed by atoms with E-state index in [4.69, 9.17) is 23.2 Å². The van der Waals surface area contributed by atoms with Gasteiger partial charge in [0.15, 0.2) is 0 Å². The molecular formula is C12H13Cl2NO. The van der Waals surface area contributed by atoms with Gasteiger partial charge in [-0.1, -0.05) is 29.3 Å². The molecule has 1 heterocycles. The fraction of sp³-hybridized carbons (Fsp3) is 0.500. The van der Waals surface area contributed by atoms with Crippen molar-refractivity contribution in [2.24, 2.45) is 11.8 Å². The molecule has 3 rings (SSSR count). The Balaban J connectivity index is 2.00. The predicted molar refractivity (Wildman–Crippen MR) is 65.1 cm³/mol. The molecule has 0 spiro atoms. The standard InChI is InChI=1S/C12H13Cl2NO/c13-10-2-1-7(3-11(10)14)12-6-15-4-8(12)9(12)5-16/h1-3,8-9,15-16H,4-6H2/t8?,9-,12?/m1/s1. The summed E-state index contributed by atoms with van der Waals surface area (Å²) in [6.45, 7) is 2.18. The molecule has 1 saturated carbocycles. The summed E-state index contributed by atoms with van der Waals surface area (Å²) in [7, 11) is 0. The second kappa shape index (κ2) is 3.61. The van der Waals surface area contributed by atoms with Crippen molar-refractivity contribution in [1.82, 2.24) is 5.32 Å². The molecule has 0 amide bonds. The Morgan fingerprint density at radius 1 is 1.38 bits per heavy atom. The maximum Gasteiger partial charge on any atom is 0.0595 e. The minimum absolute atomic E-state index is 0.100. The largest absolute Gasteiger partial charge is 0.396 e. The van der Waals surface area contributed by atoms with Crippen LogP contribution < -0.4 is 5.32 Å². The molecule has 3 atom stereocenters. The Bertz CT molecular complexity index is 431. The molecule has 86 valence electrons. The maximum absolute atomic E-state index is 9.38. The molecule has 0 aromatic heterocycles. The van der Waals surface area contributed by atoms with Crippen molar-refractivity contribution in [1.29, 1.82) is 0 Å². The minimum Gasteiger partial charge on any atom is -0.396 e. The van der Waals surface area contributed by atoms with Gasteiger partial charge in [0.2, 0.25) is 0 Å². The average molecular weight is 258 g/mol. The number of hydrogen-bond donors (Lipinski definition) is 2.